The Morgan fingerprint density at radius 3 is 2.50 bits per heavy atom. The van der Waals surface area contributed by atoms with Gasteiger partial charge in [-0.3, -0.25) is 9.78 Å². The molecular weight excluding hydrogens is 426 g/mol. The largest absolute Gasteiger partial charge is 0.495 e. The second-order valence-corrected chi connectivity index (χ2v) is 9.23. The molecule has 0 aliphatic rings. The third-order valence-corrected chi connectivity index (χ3v) is 6.81. The van der Waals surface area contributed by atoms with E-state index in [9.17, 15) is 13.2 Å². The number of carbonyl (C=O) groups is 1. The molecule has 2 aromatic carbocycles. The summed E-state index contributed by atoms with van der Waals surface area (Å²) in [6, 6.07) is 19.9. The fraction of sp³-hybridized carbons (Fsp3) is 0.250. The number of hydrogen-bond donors (Lipinski definition) is 1. The van der Waals surface area contributed by atoms with Crippen LogP contribution in [0.3, 0.4) is 0 Å². The van der Waals surface area contributed by atoms with Crippen LogP contribution in [0.4, 0.5) is 0 Å². The van der Waals surface area contributed by atoms with Gasteiger partial charge in [0.1, 0.15) is 10.6 Å². The molecule has 0 spiro atoms. The molecular formula is C24H27N3O4S. The average molecular weight is 454 g/mol. The minimum absolute atomic E-state index is 0.0468. The molecule has 0 fully saturated rings. The fourth-order valence-electron chi connectivity index (χ4n) is 3.22. The monoisotopic (exact) mass is 453 g/mol. The summed E-state index contributed by atoms with van der Waals surface area (Å²) >= 11 is 0. The Hall–Kier alpha value is -3.23. The maximum absolute atomic E-state index is 13.5. The Bertz CT molecular complexity index is 1140. The number of sulfonamides is 1. The summed E-state index contributed by atoms with van der Waals surface area (Å²) in [5, 5.41) is 2.75. The Labute approximate surface area is 189 Å². The van der Waals surface area contributed by atoms with Gasteiger partial charge < -0.3 is 10.1 Å². The van der Waals surface area contributed by atoms with Crippen LogP contribution in [0.1, 0.15) is 16.8 Å². The number of nitrogens with one attached hydrogen (secondary N) is 1. The first kappa shape index (κ1) is 23.4. The van der Waals surface area contributed by atoms with E-state index < -0.39 is 15.9 Å². The molecule has 0 saturated carbocycles. The van der Waals surface area contributed by atoms with Crippen LogP contribution in [0.15, 0.2) is 77.8 Å². The van der Waals surface area contributed by atoms with Crippen LogP contribution < -0.4 is 10.1 Å². The smallest absolute Gasteiger partial charge is 0.247 e. The Kier molecular flexibility index (Phi) is 7.97. The number of pyridine rings is 1. The number of aromatic nitrogens is 1. The topological polar surface area (TPSA) is 88.6 Å². The van der Waals surface area contributed by atoms with E-state index in [-0.39, 0.29) is 30.3 Å². The van der Waals surface area contributed by atoms with Crippen molar-refractivity contribution in [3.63, 3.8) is 0 Å². The van der Waals surface area contributed by atoms with Crippen LogP contribution in [-0.4, -0.2) is 43.8 Å². The van der Waals surface area contributed by atoms with Gasteiger partial charge >= 0.3 is 0 Å². The SMILES string of the molecule is COc1ccc(C)cc1S(=O)(=O)N(CCc1ccccc1)CC(=O)NCc1ccccn1. The number of rotatable bonds is 10. The van der Waals surface area contributed by atoms with Gasteiger partial charge in [0, 0.05) is 12.7 Å². The van der Waals surface area contributed by atoms with Gasteiger partial charge in [0.25, 0.3) is 0 Å². The predicted molar refractivity (Wildman–Crippen MR) is 123 cm³/mol. The first-order valence-corrected chi connectivity index (χ1v) is 11.7. The Morgan fingerprint density at radius 2 is 1.81 bits per heavy atom. The van der Waals surface area contributed by atoms with Crippen molar-refractivity contribution in [1.29, 1.82) is 0 Å². The highest BCUT2D eigenvalue weighted by molar-refractivity contribution is 7.89. The van der Waals surface area contributed by atoms with Gasteiger partial charge in [0.2, 0.25) is 15.9 Å². The van der Waals surface area contributed by atoms with Crippen molar-refractivity contribution in [2.75, 3.05) is 20.2 Å². The molecule has 0 aliphatic heterocycles. The van der Waals surface area contributed by atoms with Crippen LogP contribution in [-0.2, 0) is 27.8 Å². The molecule has 1 N–H and O–H groups in total. The highest BCUT2D eigenvalue weighted by atomic mass is 32.2. The summed E-state index contributed by atoms with van der Waals surface area (Å²) < 4.78 is 33.6. The van der Waals surface area contributed by atoms with Crippen LogP contribution in [0, 0.1) is 6.92 Å². The summed E-state index contributed by atoms with van der Waals surface area (Å²) in [4.78, 5) is 16.9. The fourth-order valence-corrected chi connectivity index (χ4v) is 4.85. The maximum atomic E-state index is 13.5. The molecule has 168 valence electrons. The highest BCUT2D eigenvalue weighted by Crippen LogP contribution is 2.28. The molecule has 3 aromatic rings. The lowest BCUT2D eigenvalue weighted by Crippen LogP contribution is -2.41. The number of amides is 1. The molecule has 0 bridgehead atoms. The van der Waals surface area contributed by atoms with E-state index in [1.807, 2.05) is 43.3 Å². The van der Waals surface area contributed by atoms with E-state index in [2.05, 4.69) is 10.3 Å². The van der Waals surface area contributed by atoms with E-state index in [1.54, 1.807) is 36.5 Å². The number of nitrogens with zero attached hydrogens (tertiary/aromatic N) is 2. The first-order valence-electron chi connectivity index (χ1n) is 10.3. The van der Waals surface area contributed by atoms with Gasteiger partial charge in [-0.2, -0.15) is 4.31 Å². The second kappa shape index (κ2) is 10.9. The van der Waals surface area contributed by atoms with Crippen LogP contribution in [0.25, 0.3) is 0 Å². The normalized spacial score (nSPS) is 11.3. The van der Waals surface area contributed by atoms with Gasteiger partial charge in [-0.15, -0.1) is 0 Å². The highest BCUT2D eigenvalue weighted by Gasteiger charge is 2.29. The van der Waals surface area contributed by atoms with Crippen molar-refractivity contribution < 1.29 is 17.9 Å². The van der Waals surface area contributed by atoms with Crippen LogP contribution in [0.5, 0.6) is 5.75 Å². The zero-order valence-corrected chi connectivity index (χ0v) is 19.0. The third-order valence-electron chi connectivity index (χ3n) is 4.94. The van der Waals surface area contributed by atoms with E-state index in [1.165, 1.54) is 11.4 Å². The van der Waals surface area contributed by atoms with Crippen LogP contribution in [0.2, 0.25) is 0 Å². The molecule has 0 atom stereocenters. The second-order valence-electron chi connectivity index (χ2n) is 7.33. The van der Waals surface area contributed by atoms with Crippen molar-refractivity contribution in [2.24, 2.45) is 0 Å². The van der Waals surface area contributed by atoms with Crippen molar-refractivity contribution >= 4 is 15.9 Å². The quantitative estimate of drug-likeness (QED) is 0.510. The summed E-state index contributed by atoms with van der Waals surface area (Å²) in [5.41, 5.74) is 2.46. The van der Waals surface area contributed by atoms with Crippen molar-refractivity contribution in [3.8, 4) is 5.75 Å². The molecule has 8 heteroatoms. The lowest BCUT2D eigenvalue weighted by Gasteiger charge is -2.23. The molecule has 1 aromatic heterocycles. The number of aryl methyl sites for hydroxylation is 1. The molecule has 1 amide bonds. The lowest BCUT2D eigenvalue weighted by atomic mass is 10.1. The molecule has 1 heterocycles. The Morgan fingerprint density at radius 1 is 1.06 bits per heavy atom. The Balaban J connectivity index is 1.82. The third kappa shape index (κ3) is 6.15. The van der Waals surface area contributed by atoms with Gasteiger partial charge in [-0.25, -0.2) is 8.42 Å². The number of methoxy groups -OCH3 is 1. The van der Waals surface area contributed by atoms with Gasteiger partial charge in [0.15, 0.2) is 0 Å². The summed E-state index contributed by atoms with van der Waals surface area (Å²) in [7, 11) is -2.55. The van der Waals surface area contributed by atoms with E-state index in [0.29, 0.717) is 12.1 Å². The van der Waals surface area contributed by atoms with E-state index in [0.717, 1.165) is 11.1 Å². The van der Waals surface area contributed by atoms with Crippen molar-refractivity contribution in [2.45, 2.75) is 24.8 Å². The van der Waals surface area contributed by atoms with Gasteiger partial charge in [-0.1, -0.05) is 42.5 Å². The number of carbonyl (C=O) groups excluding carboxylic acids is 1. The first-order chi connectivity index (χ1) is 15.4. The molecule has 0 radical (unpaired) electrons. The van der Waals surface area contributed by atoms with Crippen LogP contribution >= 0.6 is 0 Å². The standard InChI is InChI=1S/C24H27N3O4S/c1-19-11-12-22(31-2)23(16-19)32(29,30)27(15-13-20-8-4-3-5-9-20)18-24(28)26-17-21-10-6-7-14-25-21/h3-12,14,16H,13,15,17-18H2,1-2H3,(H,26,28). The molecule has 0 aliphatic carbocycles. The minimum atomic E-state index is -3.98. The van der Waals surface area contributed by atoms with E-state index >= 15 is 0 Å². The minimum Gasteiger partial charge on any atom is -0.495 e. The van der Waals surface area contributed by atoms with Crippen molar-refractivity contribution in [1.82, 2.24) is 14.6 Å². The molecule has 0 saturated heterocycles. The van der Waals surface area contributed by atoms with Gasteiger partial charge in [-0.05, 0) is 48.7 Å². The lowest BCUT2D eigenvalue weighted by molar-refractivity contribution is -0.121. The maximum Gasteiger partial charge on any atom is 0.247 e. The van der Waals surface area contributed by atoms with Crippen molar-refractivity contribution in [3.05, 3.63) is 89.7 Å². The zero-order chi connectivity index (χ0) is 23.0. The number of benzene rings is 2. The molecule has 0 unspecified atom stereocenters. The summed E-state index contributed by atoms with van der Waals surface area (Å²) in [6.45, 7) is 1.88. The van der Waals surface area contributed by atoms with E-state index in [4.69, 9.17) is 4.74 Å². The summed E-state index contributed by atoms with van der Waals surface area (Å²) in [6.07, 6.45) is 2.11. The molecule has 3 rings (SSSR count). The zero-order valence-electron chi connectivity index (χ0n) is 18.2. The predicted octanol–water partition coefficient (Wildman–Crippen LogP) is 2.95. The number of ether oxygens (including phenoxy) is 1. The molecule has 7 nitrogen and oxygen atoms in total. The molecule has 32 heavy (non-hydrogen) atoms. The average Bonchev–Trinajstić information content (AvgIpc) is 2.81. The number of hydrogen-bond acceptors (Lipinski definition) is 5. The summed E-state index contributed by atoms with van der Waals surface area (Å²) in [5.74, 6) is -0.159. The van der Waals surface area contributed by atoms with Gasteiger partial charge in [0.05, 0.1) is 25.9 Å².